The van der Waals surface area contributed by atoms with Crippen molar-refractivity contribution in [3.63, 3.8) is 0 Å². The lowest BCUT2D eigenvalue weighted by Crippen LogP contribution is -2.06. The zero-order chi connectivity index (χ0) is 16.1. The number of carbonyl (C=O) groups excluding carboxylic acids is 2. The summed E-state index contributed by atoms with van der Waals surface area (Å²) in [6.45, 7) is -0.0634. The number of esters is 1. The molecule has 0 aliphatic rings. The Bertz CT molecular complexity index is 713. The maximum Gasteiger partial charge on any atom is 0.340 e. The van der Waals surface area contributed by atoms with Crippen LogP contribution in [0.2, 0.25) is 0 Å². The monoisotopic (exact) mass is 306 g/mol. The summed E-state index contributed by atoms with van der Waals surface area (Å²) in [5.74, 6) is -2.44. The quantitative estimate of drug-likeness (QED) is 0.629. The summed E-state index contributed by atoms with van der Waals surface area (Å²) < 4.78 is 37.8. The molecule has 0 unspecified atom stereocenters. The molecule has 2 aromatic rings. The van der Waals surface area contributed by atoms with Crippen molar-refractivity contribution in [3.05, 3.63) is 59.2 Å². The third-order valence-electron chi connectivity index (χ3n) is 3.08. The topological polar surface area (TPSA) is 52.6 Å². The summed E-state index contributed by atoms with van der Waals surface area (Å²) in [7, 11) is 1.13. The molecule has 0 heterocycles. The van der Waals surface area contributed by atoms with Gasteiger partial charge in [-0.05, 0) is 6.07 Å². The highest BCUT2D eigenvalue weighted by Gasteiger charge is 2.19. The van der Waals surface area contributed by atoms with E-state index in [4.69, 9.17) is 0 Å². The second kappa shape index (κ2) is 6.80. The van der Waals surface area contributed by atoms with Gasteiger partial charge in [0.2, 0.25) is 0 Å². The van der Waals surface area contributed by atoms with E-state index in [1.54, 1.807) is 0 Å². The number of ether oxygens (including phenoxy) is 2. The van der Waals surface area contributed by atoms with Crippen LogP contribution < -0.4 is 0 Å². The van der Waals surface area contributed by atoms with Crippen LogP contribution in [-0.2, 0) is 20.9 Å². The first-order valence-corrected chi connectivity index (χ1v) is 6.30. The van der Waals surface area contributed by atoms with Crippen molar-refractivity contribution < 1.29 is 27.8 Å². The molecule has 0 aromatic heterocycles. The summed E-state index contributed by atoms with van der Waals surface area (Å²) in [6.07, 6.45) is 0. The molecule has 0 saturated carbocycles. The van der Waals surface area contributed by atoms with E-state index >= 15 is 0 Å². The first kappa shape index (κ1) is 15.6. The van der Waals surface area contributed by atoms with E-state index < -0.39 is 17.6 Å². The van der Waals surface area contributed by atoms with Crippen molar-refractivity contribution >= 4 is 12.4 Å². The lowest BCUT2D eigenvalue weighted by Gasteiger charge is -2.10. The van der Waals surface area contributed by atoms with Gasteiger partial charge in [0, 0.05) is 16.7 Å². The van der Waals surface area contributed by atoms with E-state index in [0.717, 1.165) is 7.11 Å². The molecule has 22 heavy (non-hydrogen) atoms. The molecule has 0 bridgehead atoms. The van der Waals surface area contributed by atoms with Crippen LogP contribution in [0.1, 0.15) is 15.9 Å². The van der Waals surface area contributed by atoms with Gasteiger partial charge in [-0.3, -0.25) is 4.79 Å². The minimum Gasteiger partial charge on any atom is -0.465 e. The predicted octanol–water partition coefficient (Wildman–Crippen LogP) is 3.09. The standard InChI is InChI=1S/C16H12F2O4/c1-21-16(20)13-7-3-6-12(15(13)18)11-5-2-4-10(14(11)17)8-22-9-19/h2-7,9H,8H2,1H3. The number of hydrogen-bond acceptors (Lipinski definition) is 4. The van der Waals surface area contributed by atoms with Crippen LogP contribution >= 0.6 is 0 Å². The van der Waals surface area contributed by atoms with E-state index in [9.17, 15) is 18.4 Å². The zero-order valence-electron chi connectivity index (χ0n) is 11.6. The first-order valence-electron chi connectivity index (χ1n) is 6.30. The zero-order valence-corrected chi connectivity index (χ0v) is 11.6. The third-order valence-corrected chi connectivity index (χ3v) is 3.08. The minimum absolute atomic E-state index is 0.0322. The average molecular weight is 306 g/mol. The molecule has 4 nitrogen and oxygen atoms in total. The first-order chi connectivity index (χ1) is 10.6. The molecule has 0 saturated heterocycles. The Morgan fingerprint density at radius 2 is 1.73 bits per heavy atom. The van der Waals surface area contributed by atoms with Gasteiger partial charge in [0.05, 0.1) is 12.7 Å². The van der Waals surface area contributed by atoms with Gasteiger partial charge in [-0.15, -0.1) is 0 Å². The van der Waals surface area contributed by atoms with E-state index in [2.05, 4.69) is 9.47 Å². The molecule has 0 radical (unpaired) electrons. The number of benzene rings is 2. The largest absolute Gasteiger partial charge is 0.465 e. The van der Waals surface area contributed by atoms with Crippen LogP contribution in [0.15, 0.2) is 36.4 Å². The van der Waals surface area contributed by atoms with Gasteiger partial charge in [0.25, 0.3) is 6.47 Å². The van der Waals surface area contributed by atoms with Crippen LogP contribution in [-0.4, -0.2) is 19.6 Å². The summed E-state index contributed by atoms with van der Waals surface area (Å²) in [5, 5.41) is 0. The molecule has 2 rings (SSSR count). The molecule has 114 valence electrons. The van der Waals surface area contributed by atoms with Crippen molar-refractivity contribution in [2.45, 2.75) is 6.61 Å². The lowest BCUT2D eigenvalue weighted by atomic mass is 9.99. The number of methoxy groups -OCH3 is 1. The Morgan fingerprint density at radius 1 is 1.09 bits per heavy atom. The molecule has 0 spiro atoms. The van der Waals surface area contributed by atoms with Crippen LogP contribution in [0.25, 0.3) is 11.1 Å². The summed E-state index contributed by atoms with van der Waals surface area (Å²) in [6, 6.07) is 8.33. The van der Waals surface area contributed by atoms with Crippen molar-refractivity contribution in [1.29, 1.82) is 0 Å². The molecule has 0 amide bonds. The van der Waals surface area contributed by atoms with Gasteiger partial charge in [-0.2, -0.15) is 0 Å². The summed E-state index contributed by atoms with van der Waals surface area (Å²) in [5.41, 5.74) is -0.287. The second-order valence-corrected chi connectivity index (χ2v) is 4.34. The van der Waals surface area contributed by atoms with Gasteiger partial charge in [-0.25, -0.2) is 13.6 Å². The van der Waals surface area contributed by atoms with Crippen LogP contribution in [0.4, 0.5) is 8.78 Å². The molecule has 0 fully saturated rings. The van der Waals surface area contributed by atoms with Crippen molar-refractivity contribution in [2.75, 3.05) is 7.11 Å². The molecule has 2 aromatic carbocycles. The van der Waals surface area contributed by atoms with E-state index in [1.807, 2.05) is 0 Å². The Kier molecular flexibility index (Phi) is 4.83. The Hall–Kier alpha value is -2.76. The van der Waals surface area contributed by atoms with Gasteiger partial charge < -0.3 is 9.47 Å². The van der Waals surface area contributed by atoms with Gasteiger partial charge in [0.1, 0.15) is 18.2 Å². The fourth-order valence-electron chi connectivity index (χ4n) is 2.03. The molecular formula is C16H12F2O4. The van der Waals surface area contributed by atoms with Crippen molar-refractivity contribution in [2.24, 2.45) is 0 Å². The van der Waals surface area contributed by atoms with Gasteiger partial charge in [-0.1, -0.05) is 30.3 Å². The number of hydrogen-bond donors (Lipinski definition) is 0. The Balaban J connectivity index is 2.53. The second-order valence-electron chi connectivity index (χ2n) is 4.34. The average Bonchev–Trinajstić information content (AvgIpc) is 2.54. The van der Waals surface area contributed by atoms with E-state index in [-0.39, 0.29) is 35.3 Å². The maximum atomic E-state index is 14.4. The highest BCUT2D eigenvalue weighted by atomic mass is 19.1. The number of rotatable bonds is 5. The summed E-state index contributed by atoms with van der Waals surface area (Å²) in [4.78, 5) is 21.7. The minimum atomic E-state index is -0.873. The fourth-order valence-corrected chi connectivity index (χ4v) is 2.03. The van der Waals surface area contributed by atoms with Crippen molar-refractivity contribution in [1.82, 2.24) is 0 Å². The number of carbonyl (C=O) groups is 2. The summed E-state index contributed by atoms with van der Waals surface area (Å²) >= 11 is 0. The van der Waals surface area contributed by atoms with Crippen LogP contribution in [0.3, 0.4) is 0 Å². The fraction of sp³-hybridized carbons (Fsp3) is 0.125. The highest BCUT2D eigenvalue weighted by molar-refractivity contribution is 5.91. The highest BCUT2D eigenvalue weighted by Crippen LogP contribution is 2.29. The van der Waals surface area contributed by atoms with E-state index in [0.29, 0.717) is 0 Å². The predicted molar refractivity (Wildman–Crippen MR) is 74.0 cm³/mol. The normalized spacial score (nSPS) is 10.1. The van der Waals surface area contributed by atoms with Crippen LogP contribution in [0.5, 0.6) is 0 Å². The molecule has 0 aliphatic carbocycles. The maximum absolute atomic E-state index is 14.4. The molecule has 0 atom stereocenters. The van der Waals surface area contributed by atoms with E-state index in [1.165, 1.54) is 36.4 Å². The van der Waals surface area contributed by atoms with Gasteiger partial charge >= 0.3 is 5.97 Å². The third kappa shape index (κ3) is 2.95. The Morgan fingerprint density at radius 3 is 2.36 bits per heavy atom. The SMILES string of the molecule is COC(=O)c1cccc(-c2cccc(COC=O)c2F)c1F. The molecule has 0 aliphatic heterocycles. The number of halogens is 2. The van der Waals surface area contributed by atoms with Crippen molar-refractivity contribution in [3.8, 4) is 11.1 Å². The molecular weight excluding hydrogens is 294 g/mol. The molecule has 0 N–H and O–H groups in total. The smallest absolute Gasteiger partial charge is 0.340 e. The van der Waals surface area contributed by atoms with Gasteiger partial charge in [0.15, 0.2) is 0 Å². The Labute approximate surface area is 125 Å². The lowest BCUT2D eigenvalue weighted by molar-refractivity contribution is -0.129. The molecule has 6 heteroatoms. The van der Waals surface area contributed by atoms with Crippen LogP contribution in [0, 0.1) is 11.6 Å².